The van der Waals surface area contributed by atoms with Crippen molar-refractivity contribution in [2.45, 2.75) is 11.8 Å². The molecule has 1 aromatic rings. The fourth-order valence-corrected chi connectivity index (χ4v) is 2.03. The number of benzene rings is 1. The molecule has 0 amide bonds. The van der Waals surface area contributed by atoms with Crippen LogP contribution in [0.1, 0.15) is 22.8 Å². The summed E-state index contributed by atoms with van der Waals surface area (Å²) in [4.78, 5) is 22.1. The van der Waals surface area contributed by atoms with Crippen LogP contribution in [0.4, 0.5) is 0 Å². The highest BCUT2D eigenvalue weighted by Gasteiger charge is 2.15. The molecule has 1 N–H and O–H groups in total. The summed E-state index contributed by atoms with van der Waals surface area (Å²) in [6.07, 6.45) is 2.47. The highest BCUT2D eigenvalue weighted by Crippen LogP contribution is 2.19. The Labute approximate surface area is 121 Å². The average Bonchev–Trinajstić information content (AvgIpc) is 2.25. The SMILES string of the molecule is CC(Br)C(=O)c1ccc(I)cc1C=CC(=O)O. The van der Waals surface area contributed by atoms with Gasteiger partial charge < -0.3 is 5.11 Å². The predicted molar refractivity (Wildman–Crippen MR) is 78.5 cm³/mol. The van der Waals surface area contributed by atoms with E-state index in [0.717, 1.165) is 9.65 Å². The van der Waals surface area contributed by atoms with Gasteiger partial charge in [-0.2, -0.15) is 0 Å². The molecule has 0 bridgehead atoms. The number of hydrogen-bond acceptors (Lipinski definition) is 2. The number of hydrogen-bond donors (Lipinski definition) is 1. The van der Waals surface area contributed by atoms with Gasteiger partial charge in [0.15, 0.2) is 5.78 Å². The summed E-state index contributed by atoms with van der Waals surface area (Å²) >= 11 is 5.33. The largest absolute Gasteiger partial charge is 0.478 e. The highest BCUT2D eigenvalue weighted by molar-refractivity contribution is 14.1. The molecular formula is C12H10BrIO3. The molecule has 1 aromatic carbocycles. The number of Topliss-reactive ketones (excluding diaryl/α,β-unsaturated/α-hetero) is 1. The van der Waals surface area contributed by atoms with Crippen molar-refractivity contribution in [2.24, 2.45) is 0 Å². The first kappa shape index (κ1) is 14.4. The number of carbonyl (C=O) groups excluding carboxylic acids is 1. The predicted octanol–water partition coefficient (Wildman–Crippen LogP) is 3.36. The van der Waals surface area contributed by atoms with Crippen molar-refractivity contribution in [2.75, 3.05) is 0 Å². The second-order valence-corrected chi connectivity index (χ2v) is 6.00. The Kier molecular flexibility index (Phi) is 5.32. The third kappa shape index (κ3) is 4.23. The lowest BCUT2D eigenvalue weighted by Gasteiger charge is -2.07. The lowest BCUT2D eigenvalue weighted by atomic mass is 10.0. The topological polar surface area (TPSA) is 54.4 Å². The molecule has 90 valence electrons. The van der Waals surface area contributed by atoms with Gasteiger partial charge in [0.1, 0.15) is 0 Å². The molecule has 1 atom stereocenters. The molecule has 3 nitrogen and oxygen atoms in total. The molecule has 1 unspecified atom stereocenters. The Morgan fingerprint density at radius 1 is 1.47 bits per heavy atom. The summed E-state index contributed by atoms with van der Waals surface area (Å²) in [5.74, 6) is -1.10. The van der Waals surface area contributed by atoms with Crippen LogP contribution in [0, 0.1) is 3.57 Å². The molecule has 0 spiro atoms. The lowest BCUT2D eigenvalue weighted by molar-refractivity contribution is -0.131. The number of carboxylic acids is 1. The summed E-state index contributed by atoms with van der Waals surface area (Å²) < 4.78 is 0.950. The minimum absolute atomic E-state index is 0.0635. The molecule has 0 fully saturated rings. The van der Waals surface area contributed by atoms with E-state index in [1.165, 1.54) is 6.08 Å². The molecule has 0 heterocycles. The van der Waals surface area contributed by atoms with E-state index in [1.807, 2.05) is 6.07 Å². The molecule has 0 radical (unpaired) electrons. The van der Waals surface area contributed by atoms with Crippen molar-refractivity contribution < 1.29 is 14.7 Å². The zero-order valence-corrected chi connectivity index (χ0v) is 12.7. The maximum absolute atomic E-state index is 11.9. The zero-order chi connectivity index (χ0) is 13.0. The fourth-order valence-electron chi connectivity index (χ4n) is 1.27. The van der Waals surface area contributed by atoms with Crippen LogP contribution < -0.4 is 0 Å². The van der Waals surface area contributed by atoms with E-state index in [1.54, 1.807) is 19.1 Å². The molecule has 0 saturated heterocycles. The van der Waals surface area contributed by atoms with E-state index in [2.05, 4.69) is 38.5 Å². The van der Waals surface area contributed by atoms with Crippen molar-refractivity contribution >= 4 is 56.3 Å². The van der Waals surface area contributed by atoms with Crippen molar-refractivity contribution in [3.8, 4) is 0 Å². The van der Waals surface area contributed by atoms with Crippen molar-refractivity contribution in [1.29, 1.82) is 0 Å². The lowest BCUT2D eigenvalue weighted by Crippen LogP contribution is -2.11. The summed E-state index contributed by atoms with van der Waals surface area (Å²) in [7, 11) is 0. The van der Waals surface area contributed by atoms with Crippen LogP contribution in [-0.2, 0) is 4.79 Å². The second-order valence-electron chi connectivity index (χ2n) is 3.38. The van der Waals surface area contributed by atoms with E-state index in [-0.39, 0.29) is 10.6 Å². The molecule has 5 heteroatoms. The van der Waals surface area contributed by atoms with E-state index in [0.29, 0.717) is 11.1 Å². The standard InChI is InChI=1S/C12H10BrIO3/c1-7(13)12(17)10-4-3-9(14)6-8(10)2-5-11(15)16/h2-7H,1H3,(H,15,16). The van der Waals surface area contributed by atoms with Gasteiger partial charge in [-0.05, 0) is 59.4 Å². The Morgan fingerprint density at radius 2 is 2.12 bits per heavy atom. The van der Waals surface area contributed by atoms with Gasteiger partial charge in [0, 0.05) is 15.2 Å². The van der Waals surface area contributed by atoms with Crippen molar-refractivity contribution in [1.82, 2.24) is 0 Å². The Morgan fingerprint density at radius 3 is 2.65 bits per heavy atom. The van der Waals surface area contributed by atoms with Crippen LogP contribution in [0.15, 0.2) is 24.3 Å². The zero-order valence-electron chi connectivity index (χ0n) is 8.98. The third-order valence-corrected chi connectivity index (χ3v) is 3.13. The number of ketones is 1. The molecule has 1 rings (SSSR count). The first-order valence-electron chi connectivity index (χ1n) is 4.80. The van der Waals surface area contributed by atoms with Crippen molar-refractivity contribution in [3.63, 3.8) is 0 Å². The van der Waals surface area contributed by atoms with Crippen LogP contribution in [0.2, 0.25) is 0 Å². The highest BCUT2D eigenvalue weighted by atomic mass is 127. The number of rotatable bonds is 4. The summed E-state index contributed by atoms with van der Waals surface area (Å²) in [5.41, 5.74) is 1.14. The monoisotopic (exact) mass is 408 g/mol. The molecular weight excluding hydrogens is 399 g/mol. The number of carboxylic acid groups (broad SMARTS) is 1. The molecule has 17 heavy (non-hydrogen) atoms. The average molecular weight is 409 g/mol. The number of carbonyl (C=O) groups is 2. The fraction of sp³-hybridized carbons (Fsp3) is 0.167. The van der Waals surface area contributed by atoms with Gasteiger partial charge in [-0.3, -0.25) is 4.79 Å². The molecule has 0 aromatic heterocycles. The van der Waals surface area contributed by atoms with Gasteiger partial charge in [0.25, 0.3) is 0 Å². The first-order chi connectivity index (χ1) is 7.91. The minimum atomic E-state index is -1.03. The van der Waals surface area contributed by atoms with E-state index < -0.39 is 5.97 Å². The van der Waals surface area contributed by atoms with Gasteiger partial charge in [-0.25, -0.2) is 4.79 Å². The normalized spacial score (nSPS) is 12.6. The molecule has 0 aliphatic rings. The van der Waals surface area contributed by atoms with Gasteiger partial charge in [0.2, 0.25) is 0 Å². The Bertz CT molecular complexity index is 481. The van der Waals surface area contributed by atoms with E-state index in [9.17, 15) is 9.59 Å². The summed E-state index contributed by atoms with van der Waals surface area (Å²) in [6.45, 7) is 1.74. The van der Waals surface area contributed by atoms with Crippen LogP contribution >= 0.6 is 38.5 Å². The first-order valence-corrected chi connectivity index (χ1v) is 6.80. The van der Waals surface area contributed by atoms with Gasteiger partial charge in [0.05, 0.1) is 4.83 Å². The Balaban J connectivity index is 3.21. The smallest absolute Gasteiger partial charge is 0.328 e. The summed E-state index contributed by atoms with van der Waals surface area (Å²) in [6, 6.07) is 5.31. The van der Waals surface area contributed by atoms with Crippen molar-refractivity contribution in [3.05, 3.63) is 39.0 Å². The van der Waals surface area contributed by atoms with Gasteiger partial charge >= 0.3 is 5.97 Å². The number of halogens is 2. The minimum Gasteiger partial charge on any atom is -0.478 e. The van der Waals surface area contributed by atoms with Crippen LogP contribution in [0.5, 0.6) is 0 Å². The summed E-state index contributed by atoms with van der Waals surface area (Å²) in [5, 5.41) is 8.60. The third-order valence-electron chi connectivity index (χ3n) is 2.05. The van der Waals surface area contributed by atoms with E-state index in [4.69, 9.17) is 5.11 Å². The Hall–Kier alpha value is -0.690. The van der Waals surface area contributed by atoms with Crippen LogP contribution in [-0.4, -0.2) is 21.7 Å². The molecule has 0 aliphatic carbocycles. The molecule has 0 aliphatic heterocycles. The van der Waals surface area contributed by atoms with Gasteiger partial charge in [-0.15, -0.1) is 0 Å². The number of aliphatic carboxylic acids is 1. The number of alkyl halides is 1. The quantitative estimate of drug-likeness (QED) is 0.359. The van der Waals surface area contributed by atoms with Crippen LogP contribution in [0.3, 0.4) is 0 Å². The second kappa shape index (κ2) is 6.30. The molecule has 0 saturated carbocycles. The van der Waals surface area contributed by atoms with Crippen LogP contribution in [0.25, 0.3) is 6.08 Å². The van der Waals surface area contributed by atoms with E-state index >= 15 is 0 Å². The maximum Gasteiger partial charge on any atom is 0.328 e. The van der Waals surface area contributed by atoms with Gasteiger partial charge in [-0.1, -0.05) is 15.9 Å². The maximum atomic E-state index is 11.9.